The number of carbonyl (C=O) groups is 3. The first kappa shape index (κ1) is 21.5. The van der Waals surface area contributed by atoms with Crippen molar-refractivity contribution in [3.05, 3.63) is 93.8 Å². The number of amides is 1. The van der Waals surface area contributed by atoms with Gasteiger partial charge < -0.3 is 15.0 Å². The fraction of sp³-hybridized carbons (Fsp3) is 0.160. The molecule has 0 bridgehead atoms. The van der Waals surface area contributed by atoms with Crippen molar-refractivity contribution in [1.82, 2.24) is 10.3 Å². The number of H-pyrrole nitrogens is 1. The molecule has 0 unspecified atom stereocenters. The number of aromatic amines is 1. The summed E-state index contributed by atoms with van der Waals surface area (Å²) in [5.74, 6) is -1.29. The van der Waals surface area contributed by atoms with Gasteiger partial charge in [0.25, 0.3) is 5.91 Å². The van der Waals surface area contributed by atoms with E-state index in [0.29, 0.717) is 10.4 Å². The van der Waals surface area contributed by atoms with Gasteiger partial charge in [-0.25, -0.2) is 4.79 Å². The van der Waals surface area contributed by atoms with Gasteiger partial charge in [0.1, 0.15) is 6.04 Å². The van der Waals surface area contributed by atoms with Gasteiger partial charge in [-0.05, 0) is 30.0 Å². The zero-order valence-corrected chi connectivity index (χ0v) is 18.3. The van der Waals surface area contributed by atoms with Gasteiger partial charge in [-0.1, -0.05) is 54.6 Å². The molecule has 6 nitrogen and oxygen atoms in total. The number of ether oxygens (including phenoxy) is 1. The van der Waals surface area contributed by atoms with E-state index in [1.165, 1.54) is 11.3 Å². The number of hydrogen-bond acceptors (Lipinski definition) is 5. The topological polar surface area (TPSA) is 88.3 Å². The molecule has 0 spiro atoms. The molecule has 0 saturated carbocycles. The number of aromatic nitrogens is 1. The number of nitrogens with one attached hydrogen (secondary N) is 2. The quantitative estimate of drug-likeness (QED) is 0.312. The highest BCUT2D eigenvalue weighted by Gasteiger charge is 2.25. The predicted molar refractivity (Wildman–Crippen MR) is 124 cm³/mol. The van der Waals surface area contributed by atoms with E-state index in [1.807, 2.05) is 61.5 Å². The van der Waals surface area contributed by atoms with Crippen LogP contribution in [0.2, 0.25) is 0 Å². The van der Waals surface area contributed by atoms with Crippen molar-refractivity contribution < 1.29 is 19.1 Å². The van der Waals surface area contributed by atoms with Crippen LogP contribution in [0.3, 0.4) is 0 Å². The first-order valence-corrected chi connectivity index (χ1v) is 11.1. The molecule has 0 aliphatic heterocycles. The minimum absolute atomic E-state index is 0.261. The number of carbonyl (C=O) groups excluding carboxylic acids is 3. The number of ketones is 1. The number of thiophene rings is 1. The van der Waals surface area contributed by atoms with E-state index in [9.17, 15) is 14.4 Å². The van der Waals surface area contributed by atoms with Gasteiger partial charge in [0.2, 0.25) is 5.78 Å². The van der Waals surface area contributed by atoms with E-state index < -0.39 is 18.6 Å². The van der Waals surface area contributed by atoms with Crippen molar-refractivity contribution in [1.29, 1.82) is 0 Å². The van der Waals surface area contributed by atoms with Gasteiger partial charge in [0.05, 0.1) is 4.88 Å². The number of benzene rings is 2. The van der Waals surface area contributed by atoms with Crippen LogP contribution in [0.5, 0.6) is 0 Å². The average Bonchev–Trinajstić information content (AvgIpc) is 3.45. The number of para-hydroxylation sites is 1. The highest BCUT2D eigenvalue weighted by Crippen LogP contribution is 2.22. The van der Waals surface area contributed by atoms with E-state index in [0.717, 1.165) is 22.2 Å². The molecule has 2 aromatic carbocycles. The molecule has 0 fully saturated rings. The summed E-state index contributed by atoms with van der Waals surface area (Å²) in [6, 6.07) is 19.4. The second kappa shape index (κ2) is 9.62. The zero-order valence-electron chi connectivity index (χ0n) is 17.5. The summed E-state index contributed by atoms with van der Waals surface area (Å²) < 4.78 is 5.37. The first-order chi connectivity index (χ1) is 15.5. The molecule has 2 N–H and O–H groups in total. The number of esters is 1. The van der Waals surface area contributed by atoms with E-state index in [-0.39, 0.29) is 18.1 Å². The third kappa shape index (κ3) is 4.78. The van der Waals surface area contributed by atoms with Gasteiger partial charge in [0.15, 0.2) is 6.61 Å². The first-order valence-electron chi connectivity index (χ1n) is 10.2. The summed E-state index contributed by atoms with van der Waals surface area (Å²) in [6.07, 6.45) is 0.261. The molecule has 32 heavy (non-hydrogen) atoms. The summed E-state index contributed by atoms with van der Waals surface area (Å²) in [6.45, 7) is 1.41. The lowest BCUT2D eigenvalue weighted by atomic mass is 10.1. The van der Waals surface area contributed by atoms with Crippen LogP contribution in [0.4, 0.5) is 0 Å². The van der Waals surface area contributed by atoms with Gasteiger partial charge >= 0.3 is 5.97 Å². The minimum atomic E-state index is -0.913. The maximum absolute atomic E-state index is 12.9. The fourth-order valence-electron chi connectivity index (χ4n) is 3.63. The highest BCUT2D eigenvalue weighted by molar-refractivity contribution is 7.12. The number of fused-ring (bicyclic) bond motifs is 1. The van der Waals surface area contributed by atoms with Crippen molar-refractivity contribution in [2.75, 3.05) is 6.61 Å². The highest BCUT2D eigenvalue weighted by atomic mass is 32.1. The molecular weight excluding hydrogens is 424 g/mol. The molecule has 2 aromatic heterocycles. The Morgan fingerprint density at radius 3 is 2.50 bits per heavy atom. The minimum Gasteiger partial charge on any atom is -0.456 e. The molecule has 7 heteroatoms. The van der Waals surface area contributed by atoms with Crippen molar-refractivity contribution in [2.45, 2.75) is 19.4 Å². The largest absolute Gasteiger partial charge is 0.456 e. The van der Waals surface area contributed by atoms with Crippen LogP contribution in [-0.2, 0) is 16.0 Å². The lowest BCUT2D eigenvalue weighted by Gasteiger charge is -2.17. The average molecular weight is 447 g/mol. The third-order valence-corrected chi connectivity index (χ3v) is 6.00. The number of hydrogen-bond donors (Lipinski definition) is 2. The molecular formula is C25H22N2O4S. The van der Waals surface area contributed by atoms with Crippen LogP contribution in [0.1, 0.15) is 31.3 Å². The van der Waals surface area contributed by atoms with Crippen molar-refractivity contribution in [3.8, 4) is 0 Å². The Bertz CT molecular complexity index is 1250. The second-order valence-corrected chi connectivity index (χ2v) is 8.34. The Kier molecular flexibility index (Phi) is 6.47. The molecule has 0 radical (unpaired) electrons. The van der Waals surface area contributed by atoms with Crippen LogP contribution < -0.4 is 5.32 Å². The Morgan fingerprint density at radius 1 is 1.00 bits per heavy atom. The van der Waals surface area contributed by atoms with Crippen molar-refractivity contribution >= 4 is 39.9 Å². The molecule has 4 aromatic rings. The molecule has 1 atom stereocenters. The molecule has 162 valence electrons. The van der Waals surface area contributed by atoms with E-state index >= 15 is 0 Å². The van der Waals surface area contributed by atoms with Gasteiger partial charge in [0, 0.05) is 28.6 Å². The fourth-order valence-corrected chi connectivity index (χ4v) is 4.25. The van der Waals surface area contributed by atoms with Crippen LogP contribution >= 0.6 is 11.3 Å². The smallest absolute Gasteiger partial charge is 0.329 e. The van der Waals surface area contributed by atoms with E-state index in [2.05, 4.69) is 10.3 Å². The third-order valence-electron chi connectivity index (χ3n) is 5.14. The molecule has 0 saturated heterocycles. The number of aryl methyl sites for hydroxylation is 1. The van der Waals surface area contributed by atoms with Crippen LogP contribution in [0.25, 0.3) is 10.9 Å². The predicted octanol–water partition coefficient (Wildman–Crippen LogP) is 4.31. The van der Waals surface area contributed by atoms with Gasteiger partial charge in [-0.15, -0.1) is 11.3 Å². The van der Waals surface area contributed by atoms with Crippen LogP contribution in [-0.4, -0.2) is 35.3 Å². The maximum Gasteiger partial charge on any atom is 0.329 e. The maximum atomic E-state index is 12.9. The summed E-state index contributed by atoms with van der Waals surface area (Å²) in [5.41, 5.74) is 2.96. The molecule has 4 rings (SSSR count). The SMILES string of the molecule is Cc1[nH]c2ccccc2c1C(=O)COC(=O)[C@H](Cc1ccccc1)NC(=O)c1cccs1. The Balaban J connectivity index is 1.48. The Hall–Kier alpha value is -3.71. The lowest BCUT2D eigenvalue weighted by molar-refractivity contribution is -0.144. The summed E-state index contributed by atoms with van der Waals surface area (Å²) in [7, 11) is 0. The van der Waals surface area contributed by atoms with Gasteiger partial charge in [-0.3, -0.25) is 9.59 Å². The van der Waals surface area contributed by atoms with Crippen LogP contribution in [0, 0.1) is 6.92 Å². The molecule has 0 aliphatic rings. The van der Waals surface area contributed by atoms with Gasteiger partial charge in [-0.2, -0.15) is 0 Å². The second-order valence-electron chi connectivity index (χ2n) is 7.39. The van der Waals surface area contributed by atoms with E-state index in [4.69, 9.17) is 4.74 Å². The van der Waals surface area contributed by atoms with E-state index in [1.54, 1.807) is 17.5 Å². The summed E-state index contributed by atoms with van der Waals surface area (Å²) in [4.78, 5) is 42.0. The Morgan fingerprint density at radius 2 is 1.75 bits per heavy atom. The Labute approximate surface area is 189 Å². The zero-order chi connectivity index (χ0) is 22.5. The summed E-state index contributed by atoms with van der Waals surface area (Å²) >= 11 is 1.29. The van der Waals surface area contributed by atoms with Crippen molar-refractivity contribution in [2.24, 2.45) is 0 Å². The monoisotopic (exact) mass is 446 g/mol. The lowest BCUT2D eigenvalue weighted by Crippen LogP contribution is -2.43. The number of Topliss-reactive ketones (excluding diaryl/α,β-unsaturated/α-hetero) is 1. The van der Waals surface area contributed by atoms with Crippen LogP contribution in [0.15, 0.2) is 72.1 Å². The normalized spacial score (nSPS) is 11.8. The number of rotatable bonds is 8. The molecule has 0 aliphatic carbocycles. The van der Waals surface area contributed by atoms with Crippen molar-refractivity contribution in [3.63, 3.8) is 0 Å². The standard InChI is InChI=1S/C25H22N2O4S/c1-16-23(18-10-5-6-11-19(18)26-16)21(28)15-31-25(30)20(14-17-8-3-2-4-9-17)27-24(29)22-12-7-13-32-22/h2-13,20,26H,14-15H2,1H3,(H,27,29)/t20-/m0/s1. The molecule has 1 amide bonds. The molecule has 2 heterocycles. The summed E-state index contributed by atoms with van der Waals surface area (Å²) in [5, 5.41) is 5.33.